The number of aryl methyl sites for hydroxylation is 2. The summed E-state index contributed by atoms with van der Waals surface area (Å²) in [4.78, 5) is 14.3. The molecule has 0 aliphatic heterocycles. The number of carbonyl (C=O) groups is 1. The molecule has 0 bridgehead atoms. The van der Waals surface area contributed by atoms with Crippen molar-refractivity contribution in [3.63, 3.8) is 0 Å². The van der Waals surface area contributed by atoms with Crippen molar-refractivity contribution in [3.05, 3.63) is 21.9 Å². The fourth-order valence-corrected chi connectivity index (χ4v) is 2.75. The Kier molecular flexibility index (Phi) is 9.92. The highest BCUT2D eigenvalue weighted by atomic mass is 35.5. The fourth-order valence-electron chi connectivity index (χ4n) is 1.82. The SMILES string of the molecule is CCN[C@H](C)CNC(=O)CCCc1ccc(C)s1.Cl. The van der Waals surface area contributed by atoms with Crippen LogP contribution in [0.1, 0.15) is 36.4 Å². The molecule has 0 aliphatic carbocycles. The van der Waals surface area contributed by atoms with Crippen molar-refractivity contribution in [2.75, 3.05) is 13.1 Å². The summed E-state index contributed by atoms with van der Waals surface area (Å²) in [6, 6.07) is 4.64. The summed E-state index contributed by atoms with van der Waals surface area (Å²) in [5.74, 6) is 0.160. The maximum Gasteiger partial charge on any atom is 0.220 e. The molecule has 110 valence electrons. The number of rotatable bonds is 8. The number of amides is 1. The number of carbonyl (C=O) groups excluding carboxylic acids is 1. The second-order valence-electron chi connectivity index (χ2n) is 4.63. The monoisotopic (exact) mass is 304 g/mol. The van der Waals surface area contributed by atoms with E-state index >= 15 is 0 Å². The molecule has 0 spiro atoms. The predicted octanol–water partition coefficient (Wildman–Crippen LogP) is 2.92. The van der Waals surface area contributed by atoms with Crippen LogP contribution in [0.3, 0.4) is 0 Å². The van der Waals surface area contributed by atoms with Crippen molar-refractivity contribution in [2.45, 2.75) is 46.1 Å². The first-order valence-corrected chi connectivity index (χ1v) is 7.49. The summed E-state index contributed by atoms with van der Waals surface area (Å²) < 4.78 is 0. The molecule has 0 fully saturated rings. The lowest BCUT2D eigenvalue weighted by molar-refractivity contribution is -0.121. The smallest absolute Gasteiger partial charge is 0.220 e. The minimum Gasteiger partial charge on any atom is -0.355 e. The first-order chi connectivity index (χ1) is 8.61. The lowest BCUT2D eigenvalue weighted by Gasteiger charge is -2.12. The van der Waals surface area contributed by atoms with Gasteiger partial charge in [0, 0.05) is 28.8 Å². The van der Waals surface area contributed by atoms with Crippen LogP contribution >= 0.6 is 23.7 Å². The molecule has 0 radical (unpaired) electrons. The molecule has 2 N–H and O–H groups in total. The molecule has 1 aromatic rings. The van der Waals surface area contributed by atoms with Crippen molar-refractivity contribution in [2.24, 2.45) is 0 Å². The highest BCUT2D eigenvalue weighted by Gasteiger charge is 2.05. The number of nitrogens with one attached hydrogen (secondary N) is 2. The number of halogens is 1. The van der Waals surface area contributed by atoms with Gasteiger partial charge in [-0.05, 0) is 45.4 Å². The molecule has 0 aromatic carbocycles. The van der Waals surface area contributed by atoms with Crippen LogP contribution in [0.15, 0.2) is 12.1 Å². The molecule has 0 saturated carbocycles. The molecule has 0 saturated heterocycles. The highest BCUT2D eigenvalue weighted by Crippen LogP contribution is 2.17. The van der Waals surface area contributed by atoms with E-state index in [0.29, 0.717) is 19.0 Å². The van der Waals surface area contributed by atoms with E-state index in [-0.39, 0.29) is 18.3 Å². The molecule has 3 nitrogen and oxygen atoms in total. The van der Waals surface area contributed by atoms with E-state index in [1.54, 1.807) is 0 Å². The number of thiophene rings is 1. The fraction of sp³-hybridized carbons (Fsp3) is 0.643. The molecular formula is C14H25ClN2OS. The van der Waals surface area contributed by atoms with Gasteiger partial charge in [0.2, 0.25) is 5.91 Å². The zero-order valence-corrected chi connectivity index (χ0v) is 13.6. The summed E-state index contributed by atoms with van der Waals surface area (Å²) in [6.45, 7) is 7.92. The van der Waals surface area contributed by atoms with Gasteiger partial charge in [-0.25, -0.2) is 0 Å². The topological polar surface area (TPSA) is 41.1 Å². The maximum atomic E-state index is 11.6. The quantitative estimate of drug-likeness (QED) is 0.775. The highest BCUT2D eigenvalue weighted by molar-refractivity contribution is 7.11. The van der Waals surface area contributed by atoms with Crippen LogP contribution in [0, 0.1) is 6.92 Å². The molecule has 1 aromatic heterocycles. The van der Waals surface area contributed by atoms with E-state index in [9.17, 15) is 4.79 Å². The summed E-state index contributed by atoms with van der Waals surface area (Å²) in [5.41, 5.74) is 0. The van der Waals surface area contributed by atoms with Crippen LogP contribution in [0.4, 0.5) is 0 Å². The Morgan fingerprint density at radius 2 is 2.16 bits per heavy atom. The first kappa shape index (κ1) is 18.4. The molecular weight excluding hydrogens is 280 g/mol. The van der Waals surface area contributed by atoms with Gasteiger partial charge in [-0.2, -0.15) is 0 Å². The first-order valence-electron chi connectivity index (χ1n) is 6.67. The maximum absolute atomic E-state index is 11.6. The number of hydrogen-bond acceptors (Lipinski definition) is 3. The molecule has 1 rings (SSSR count). The molecule has 1 atom stereocenters. The van der Waals surface area contributed by atoms with Crippen LogP contribution in [-0.4, -0.2) is 25.0 Å². The van der Waals surface area contributed by atoms with Crippen molar-refractivity contribution in [1.29, 1.82) is 0 Å². The average molecular weight is 305 g/mol. The number of hydrogen-bond donors (Lipinski definition) is 2. The molecule has 19 heavy (non-hydrogen) atoms. The van der Waals surface area contributed by atoms with Crippen molar-refractivity contribution in [1.82, 2.24) is 10.6 Å². The summed E-state index contributed by atoms with van der Waals surface area (Å²) >= 11 is 1.82. The van der Waals surface area contributed by atoms with E-state index in [0.717, 1.165) is 19.4 Å². The summed E-state index contributed by atoms with van der Waals surface area (Å²) in [5, 5.41) is 6.23. The molecule has 5 heteroatoms. The molecule has 0 unspecified atom stereocenters. The van der Waals surface area contributed by atoms with Crippen LogP contribution in [0.5, 0.6) is 0 Å². The normalized spacial score (nSPS) is 11.7. The van der Waals surface area contributed by atoms with Crippen LogP contribution in [-0.2, 0) is 11.2 Å². The second kappa shape index (κ2) is 10.2. The van der Waals surface area contributed by atoms with Gasteiger partial charge >= 0.3 is 0 Å². The Labute approximate surface area is 126 Å². The van der Waals surface area contributed by atoms with Gasteiger partial charge in [0.1, 0.15) is 0 Å². The lowest BCUT2D eigenvalue weighted by atomic mass is 10.2. The van der Waals surface area contributed by atoms with Crippen molar-refractivity contribution >= 4 is 29.7 Å². The lowest BCUT2D eigenvalue weighted by Crippen LogP contribution is -2.38. The number of likely N-dealkylation sites (N-methyl/N-ethyl adjacent to an activating group) is 1. The van der Waals surface area contributed by atoms with E-state index in [1.807, 2.05) is 11.3 Å². The minimum atomic E-state index is 0. The van der Waals surface area contributed by atoms with E-state index in [2.05, 4.69) is 43.5 Å². The molecule has 1 amide bonds. The summed E-state index contributed by atoms with van der Waals surface area (Å²) in [6.07, 6.45) is 2.56. The molecule has 0 aliphatic rings. The van der Waals surface area contributed by atoms with Crippen molar-refractivity contribution < 1.29 is 4.79 Å². The van der Waals surface area contributed by atoms with Gasteiger partial charge in [0.05, 0.1) is 0 Å². The zero-order valence-electron chi connectivity index (χ0n) is 12.0. The van der Waals surface area contributed by atoms with Crippen LogP contribution in [0.2, 0.25) is 0 Å². The third-order valence-electron chi connectivity index (χ3n) is 2.78. The largest absolute Gasteiger partial charge is 0.355 e. The Bertz CT molecular complexity index is 368. The van der Waals surface area contributed by atoms with Crippen molar-refractivity contribution in [3.8, 4) is 0 Å². The average Bonchev–Trinajstić information content (AvgIpc) is 2.73. The Hall–Kier alpha value is -0.580. The zero-order chi connectivity index (χ0) is 13.4. The Morgan fingerprint density at radius 1 is 1.42 bits per heavy atom. The van der Waals surface area contributed by atoms with E-state index in [1.165, 1.54) is 9.75 Å². The van der Waals surface area contributed by atoms with Gasteiger partial charge in [-0.15, -0.1) is 23.7 Å². The van der Waals surface area contributed by atoms with Gasteiger partial charge in [0.25, 0.3) is 0 Å². The predicted molar refractivity (Wildman–Crippen MR) is 85.4 cm³/mol. The van der Waals surface area contributed by atoms with E-state index in [4.69, 9.17) is 0 Å². The van der Waals surface area contributed by atoms with Gasteiger partial charge in [-0.1, -0.05) is 6.92 Å². The van der Waals surface area contributed by atoms with Gasteiger partial charge in [-0.3, -0.25) is 4.79 Å². The second-order valence-corrected chi connectivity index (χ2v) is 6.00. The van der Waals surface area contributed by atoms with Gasteiger partial charge < -0.3 is 10.6 Å². The third-order valence-corrected chi connectivity index (χ3v) is 3.84. The summed E-state index contributed by atoms with van der Waals surface area (Å²) in [7, 11) is 0. The van der Waals surface area contributed by atoms with Crippen LogP contribution < -0.4 is 10.6 Å². The van der Waals surface area contributed by atoms with Gasteiger partial charge in [0.15, 0.2) is 0 Å². The minimum absolute atomic E-state index is 0. The Morgan fingerprint density at radius 3 is 2.74 bits per heavy atom. The Balaban J connectivity index is 0.00000324. The van der Waals surface area contributed by atoms with E-state index < -0.39 is 0 Å². The van der Waals surface area contributed by atoms with Crippen LogP contribution in [0.25, 0.3) is 0 Å². The molecule has 1 heterocycles. The standard InChI is InChI=1S/C14H24N2OS.ClH/c1-4-15-11(2)10-16-14(17)7-5-6-13-9-8-12(3)18-13;/h8-9,11,15H,4-7,10H2,1-3H3,(H,16,17);1H/t11-;/m1./s1. The third kappa shape index (κ3) is 8.24.